The SMILES string of the molecule is C=CCN1CCC23C4OC5=C(OC(=O)/C=C/C=C/C)C=CC(CC1C2(O)CCC4O)C53. The van der Waals surface area contributed by atoms with Crippen molar-refractivity contribution < 1.29 is 24.5 Å². The van der Waals surface area contributed by atoms with Crippen molar-refractivity contribution >= 4 is 5.97 Å². The van der Waals surface area contributed by atoms with Gasteiger partial charge in [-0.1, -0.05) is 30.4 Å². The van der Waals surface area contributed by atoms with Crippen molar-refractivity contribution in [3.8, 4) is 0 Å². The fourth-order valence-corrected chi connectivity index (χ4v) is 7.06. The Morgan fingerprint density at radius 1 is 1.42 bits per heavy atom. The van der Waals surface area contributed by atoms with Gasteiger partial charge in [0.2, 0.25) is 0 Å². The van der Waals surface area contributed by atoms with Crippen LogP contribution in [0.5, 0.6) is 0 Å². The number of carbonyl (C=O) groups excluding carboxylic acids is 1. The molecule has 2 N–H and O–H groups in total. The van der Waals surface area contributed by atoms with Crippen molar-refractivity contribution in [3.63, 3.8) is 0 Å². The van der Waals surface area contributed by atoms with Gasteiger partial charge in [0.05, 0.1) is 17.1 Å². The van der Waals surface area contributed by atoms with E-state index < -0.39 is 29.2 Å². The third-order valence-corrected chi connectivity index (χ3v) is 8.15. The number of nitrogens with zero attached hydrogens (tertiary/aromatic N) is 1. The van der Waals surface area contributed by atoms with Crippen LogP contribution in [0.15, 0.2) is 60.6 Å². The van der Waals surface area contributed by atoms with E-state index in [9.17, 15) is 15.0 Å². The maximum atomic E-state index is 12.3. The zero-order valence-electron chi connectivity index (χ0n) is 17.9. The van der Waals surface area contributed by atoms with Gasteiger partial charge in [-0.15, -0.1) is 6.58 Å². The number of hydrogen-bond donors (Lipinski definition) is 2. The van der Waals surface area contributed by atoms with Gasteiger partial charge in [0.15, 0.2) is 5.76 Å². The van der Waals surface area contributed by atoms with Gasteiger partial charge in [-0.3, -0.25) is 4.90 Å². The molecule has 0 aromatic rings. The molecule has 2 bridgehead atoms. The highest BCUT2D eigenvalue weighted by Gasteiger charge is 2.76. The number of likely N-dealkylation sites (tertiary alicyclic amines) is 1. The Morgan fingerprint density at radius 3 is 3.03 bits per heavy atom. The summed E-state index contributed by atoms with van der Waals surface area (Å²) in [6.45, 7) is 7.34. The fourth-order valence-electron chi connectivity index (χ4n) is 7.06. The predicted molar refractivity (Wildman–Crippen MR) is 115 cm³/mol. The van der Waals surface area contributed by atoms with E-state index in [-0.39, 0.29) is 17.9 Å². The van der Waals surface area contributed by atoms with E-state index >= 15 is 0 Å². The predicted octanol–water partition coefficient (Wildman–Crippen LogP) is 2.61. The minimum Gasteiger partial charge on any atom is -0.487 e. The molecule has 2 saturated heterocycles. The lowest BCUT2D eigenvalue weighted by Gasteiger charge is -2.66. The number of aliphatic hydroxyl groups is 2. The Kier molecular flexibility index (Phi) is 5.00. The summed E-state index contributed by atoms with van der Waals surface area (Å²) in [6.07, 6.45) is 13.9. The van der Waals surface area contributed by atoms with Crippen LogP contribution < -0.4 is 0 Å². The Hall–Kier alpha value is -2.15. The van der Waals surface area contributed by atoms with E-state index in [1.807, 2.05) is 25.2 Å². The maximum Gasteiger partial charge on any atom is 0.336 e. The number of piperidine rings is 1. The molecule has 3 aliphatic carbocycles. The van der Waals surface area contributed by atoms with Crippen LogP contribution in [0.3, 0.4) is 0 Å². The van der Waals surface area contributed by atoms with Gasteiger partial charge in [-0.25, -0.2) is 4.79 Å². The molecule has 0 radical (unpaired) electrons. The normalized spacial score (nSPS) is 43.3. The van der Waals surface area contributed by atoms with Gasteiger partial charge in [0.1, 0.15) is 11.9 Å². The number of ether oxygens (including phenoxy) is 2. The Labute approximate surface area is 183 Å². The molecular formula is C25H31NO5. The van der Waals surface area contributed by atoms with Gasteiger partial charge < -0.3 is 19.7 Å². The van der Waals surface area contributed by atoms with E-state index in [1.165, 1.54) is 6.08 Å². The third kappa shape index (κ3) is 2.78. The van der Waals surface area contributed by atoms with Crippen molar-refractivity contribution in [1.82, 2.24) is 4.90 Å². The number of carbonyl (C=O) groups is 1. The number of aliphatic hydroxyl groups excluding tert-OH is 1. The summed E-state index contributed by atoms with van der Waals surface area (Å²) in [5.41, 5.74) is -1.53. The fraction of sp³-hybridized carbons (Fsp3) is 0.560. The molecule has 31 heavy (non-hydrogen) atoms. The highest BCUT2D eigenvalue weighted by molar-refractivity contribution is 5.83. The van der Waals surface area contributed by atoms with Crippen LogP contribution >= 0.6 is 0 Å². The Morgan fingerprint density at radius 2 is 2.26 bits per heavy atom. The van der Waals surface area contributed by atoms with Crippen LogP contribution in [-0.2, 0) is 14.3 Å². The summed E-state index contributed by atoms with van der Waals surface area (Å²) < 4.78 is 12.1. The Bertz CT molecular complexity index is 904. The van der Waals surface area contributed by atoms with Crippen molar-refractivity contribution in [1.29, 1.82) is 0 Å². The van der Waals surface area contributed by atoms with E-state index in [0.29, 0.717) is 24.4 Å². The number of allylic oxidation sites excluding steroid dienone is 6. The molecule has 4 fully saturated rings. The molecule has 0 amide bonds. The molecule has 6 heteroatoms. The lowest BCUT2D eigenvalue weighted by atomic mass is 9.44. The molecule has 2 aliphatic heterocycles. The summed E-state index contributed by atoms with van der Waals surface area (Å²) in [6, 6.07) is -0.00374. The molecule has 0 aromatic heterocycles. The minimum absolute atomic E-state index is 0.00374. The zero-order valence-corrected chi connectivity index (χ0v) is 17.9. The third-order valence-electron chi connectivity index (χ3n) is 8.15. The maximum absolute atomic E-state index is 12.3. The highest BCUT2D eigenvalue weighted by Crippen LogP contribution is 2.69. The van der Waals surface area contributed by atoms with Gasteiger partial charge in [-0.05, 0) is 51.1 Å². The molecule has 1 spiro atoms. The van der Waals surface area contributed by atoms with Gasteiger partial charge >= 0.3 is 5.97 Å². The van der Waals surface area contributed by atoms with Crippen molar-refractivity contribution in [2.24, 2.45) is 17.3 Å². The smallest absolute Gasteiger partial charge is 0.336 e. The second-order valence-electron chi connectivity index (χ2n) is 9.43. The molecule has 2 heterocycles. The largest absolute Gasteiger partial charge is 0.487 e. The van der Waals surface area contributed by atoms with Crippen LogP contribution in [0, 0.1) is 17.3 Å². The van der Waals surface area contributed by atoms with E-state index in [4.69, 9.17) is 9.47 Å². The quantitative estimate of drug-likeness (QED) is 0.305. The number of hydrogen-bond acceptors (Lipinski definition) is 6. The van der Waals surface area contributed by atoms with Crippen molar-refractivity contribution in [2.75, 3.05) is 13.1 Å². The van der Waals surface area contributed by atoms with Crippen molar-refractivity contribution in [2.45, 2.75) is 56.5 Å². The molecule has 5 rings (SSSR count). The van der Waals surface area contributed by atoms with Gasteiger partial charge in [-0.2, -0.15) is 0 Å². The van der Waals surface area contributed by atoms with Crippen LogP contribution in [0.4, 0.5) is 0 Å². The molecule has 166 valence electrons. The van der Waals surface area contributed by atoms with Crippen LogP contribution in [0.1, 0.15) is 32.6 Å². The average molecular weight is 426 g/mol. The first kappa shape index (κ1) is 20.7. The molecule has 5 aliphatic rings. The van der Waals surface area contributed by atoms with E-state index in [0.717, 1.165) is 25.9 Å². The minimum atomic E-state index is -0.951. The summed E-state index contributed by atoms with van der Waals surface area (Å²) in [7, 11) is 0. The molecule has 6 nitrogen and oxygen atoms in total. The van der Waals surface area contributed by atoms with Gasteiger partial charge in [0.25, 0.3) is 0 Å². The van der Waals surface area contributed by atoms with E-state index in [1.54, 1.807) is 12.2 Å². The van der Waals surface area contributed by atoms with Crippen LogP contribution in [-0.4, -0.2) is 58.0 Å². The molecule has 7 atom stereocenters. The number of rotatable bonds is 5. The standard InChI is InChI=1S/C25H31NO5/c1-3-5-6-7-20(28)30-18-9-8-16-15-19-25(29)11-10-17(27)23-24(25,21(16)22(18)31-23)12-14-26(19)13-4-2/h3-9,16-17,19,21,23,27,29H,2,10-15H2,1H3/b5-3+,7-6+. The Balaban J connectivity index is 1.56. The summed E-state index contributed by atoms with van der Waals surface area (Å²) in [5.74, 6) is 0.642. The number of esters is 1. The molecule has 2 saturated carbocycles. The summed E-state index contributed by atoms with van der Waals surface area (Å²) in [4.78, 5) is 14.7. The van der Waals surface area contributed by atoms with Gasteiger partial charge in [0, 0.05) is 24.6 Å². The van der Waals surface area contributed by atoms with Crippen LogP contribution in [0.2, 0.25) is 0 Å². The average Bonchev–Trinajstić information content (AvgIpc) is 3.10. The first-order valence-electron chi connectivity index (χ1n) is 11.3. The summed E-state index contributed by atoms with van der Waals surface area (Å²) >= 11 is 0. The lowest BCUT2D eigenvalue weighted by molar-refractivity contribution is -0.266. The molecular weight excluding hydrogens is 394 g/mol. The van der Waals surface area contributed by atoms with Crippen LogP contribution in [0.25, 0.3) is 0 Å². The zero-order chi connectivity index (χ0) is 21.8. The summed E-state index contributed by atoms with van der Waals surface area (Å²) in [5, 5.41) is 23.1. The van der Waals surface area contributed by atoms with E-state index in [2.05, 4.69) is 17.6 Å². The topological polar surface area (TPSA) is 79.2 Å². The first-order chi connectivity index (χ1) is 15.0. The lowest BCUT2D eigenvalue weighted by Crippen LogP contribution is -2.77. The van der Waals surface area contributed by atoms with Crippen molar-refractivity contribution in [3.05, 3.63) is 60.6 Å². The second-order valence-corrected chi connectivity index (χ2v) is 9.43. The highest BCUT2D eigenvalue weighted by atomic mass is 16.6. The molecule has 0 aromatic carbocycles. The second kappa shape index (κ2) is 7.47. The molecule has 7 unspecified atom stereocenters. The first-order valence-corrected chi connectivity index (χ1v) is 11.3. The monoisotopic (exact) mass is 425 g/mol.